The van der Waals surface area contributed by atoms with Crippen LogP contribution in [-0.4, -0.2) is 27.6 Å². The Bertz CT molecular complexity index is 356. The first kappa shape index (κ1) is 14.1. The first-order valence-electron chi connectivity index (χ1n) is 5.94. The number of rotatable bonds is 6. The third-order valence-corrected chi connectivity index (χ3v) is 3.57. The molecule has 0 radical (unpaired) electrons. The van der Waals surface area contributed by atoms with Gasteiger partial charge in [-0.15, -0.1) is 0 Å². The van der Waals surface area contributed by atoms with Crippen LogP contribution in [0.5, 0.6) is 0 Å². The minimum absolute atomic E-state index is 0.0212. The molecule has 1 amide bonds. The molecule has 96 valence electrons. The predicted molar refractivity (Wildman–Crippen MR) is 72.2 cm³/mol. The lowest BCUT2D eigenvalue weighted by molar-refractivity contribution is -0.121. The Hall–Kier alpha value is -0.970. The number of carbonyl (C=O) groups is 1. The van der Waals surface area contributed by atoms with Crippen molar-refractivity contribution in [2.45, 2.75) is 40.2 Å². The molecule has 0 aliphatic heterocycles. The van der Waals surface area contributed by atoms with Crippen molar-refractivity contribution in [2.75, 3.05) is 11.5 Å². The summed E-state index contributed by atoms with van der Waals surface area (Å²) in [5.74, 6) is 2.06. The molecule has 0 aliphatic carbocycles. The summed E-state index contributed by atoms with van der Waals surface area (Å²) in [6.07, 6.45) is 0.582. The van der Waals surface area contributed by atoms with Crippen molar-refractivity contribution < 1.29 is 4.79 Å². The lowest BCUT2D eigenvalue weighted by atomic mass is 10.1. The van der Waals surface area contributed by atoms with Gasteiger partial charge in [-0.2, -0.15) is 16.9 Å². The van der Waals surface area contributed by atoms with Crippen molar-refractivity contribution in [2.24, 2.45) is 0 Å². The molecule has 2 N–H and O–H groups in total. The third kappa shape index (κ3) is 4.07. The van der Waals surface area contributed by atoms with E-state index in [0.717, 1.165) is 28.5 Å². The van der Waals surface area contributed by atoms with Gasteiger partial charge in [0.05, 0.1) is 11.7 Å². The van der Waals surface area contributed by atoms with Gasteiger partial charge in [-0.05, 0) is 26.5 Å². The topological polar surface area (TPSA) is 57.8 Å². The molecule has 1 unspecified atom stereocenters. The number of nitrogens with one attached hydrogen (secondary N) is 2. The fourth-order valence-electron chi connectivity index (χ4n) is 1.89. The Kier molecular flexibility index (Phi) is 5.55. The molecule has 1 heterocycles. The van der Waals surface area contributed by atoms with Crippen LogP contribution in [0.15, 0.2) is 0 Å². The zero-order valence-electron chi connectivity index (χ0n) is 11.0. The van der Waals surface area contributed by atoms with Crippen LogP contribution < -0.4 is 5.32 Å². The van der Waals surface area contributed by atoms with Gasteiger partial charge in [-0.1, -0.05) is 6.92 Å². The van der Waals surface area contributed by atoms with E-state index in [9.17, 15) is 4.79 Å². The highest BCUT2D eigenvalue weighted by Gasteiger charge is 2.15. The second-order valence-corrected chi connectivity index (χ2v) is 5.48. The molecule has 0 aromatic carbocycles. The number of aryl methyl sites for hydroxylation is 2. The molecule has 4 nitrogen and oxygen atoms in total. The highest BCUT2D eigenvalue weighted by atomic mass is 32.2. The highest BCUT2D eigenvalue weighted by molar-refractivity contribution is 7.99. The van der Waals surface area contributed by atoms with Gasteiger partial charge in [0.15, 0.2) is 0 Å². The standard InChI is InChI=1S/C12H21N3OS/c1-5-17-7-6-11(16)13-8(2)12-9(3)14-15-10(12)4/h8H,5-7H2,1-4H3,(H,13,16)(H,14,15). The lowest BCUT2D eigenvalue weighted by Gasteiger charge is -2.14. The Morgan fingerprint density at radius 2 is 2.24 bits per heavy atom. The van der Waals surface area contributed by atoms with Crippen LogP contribution in [0.1, 0.15) is 43.3 Å². The van der Waals surface area contributed by atoms with E-state index in [-0.39, 0.29) is 11.9 Å². The summed E-state index contributed by atoms with van der Waals surface area (Å²) < 4.78 is 0. The van der Waals surface area contributed by atoms with Crippen LogP contribution in [0.2, 0.25) is 0 Å². The predicted octanol–water partition coefficient (Wildman–Crippen LogP) is 2.35. The number of aromatic nitrogens is 2. The van der Waals surface area contributed by atoms with Crippen molar-refractivity contribution >= 4 is 17.7 Å². The summed E-state index contributed by atoms with van der Waals surface area (Å²) in [6, 6.07) is 0.0212. The van der Waals surface area contributed by atoms with Gasteiger partial charge in [0.1, 0.15) is 0 Å². The molecule has 0 spiro atoms. The smallest absolute Gasteiger partial charge is 0.221 e. The van der Waals surface area contributed by atoms with E-state index < -0.39 is 0 Å². The fourth-order valence-corrected chi connectivity index (χ4v) is 2.51. The zero-order chi connectivity index (χ0) is 12.8. The SMILES string of the molecule is CCSCCC(=O)NC(C)c1c(C)n[nH]c1C. The lowest BCUT2D eigenvalue weighted by Crippen LogP contribution is -2.27. The zero-order valence-corrected chi connectivity index (χ0v) is 11.8. The average molecular weight is 255 g/mol. The maximum Gasteiger partial charge on any atom is 0.221 e. The Morgan fingerprint density at radius 3 is 2.76 bits per heavy atom. The summed E-state index contributed by atoms with van der Waals surface area (Å²) in [7, 11) is 0. The first-order valence-corrected chi connectivity index (χ1v) is 7.10. The number of amides is 1. The van der Waals surface area contributed by atoms with Gasteiger partial charge < -0.3 is 5.32 Å². The number of H-pyrrole nitrogens is 1. The van der Waals surface area contributed by atoms with Gasteiger partial charge in [0.2, 0.25) is 5.91 Å². The summed E-state index contributed by atoms with van der Waals surface area (Å²) in [5.41, 5.74) is 3.08. The normalized spacial score (nSPS) is 12.5. The second kappa shape index (κ2) is 6.69. The number of aromatic amines is 1. The number of hydrogen-bond donors (Lipinski definition) is 2. The van der Waals surface area contributed by atoms with Crippen LogP contribution in [0.25, 0.3) is 0 Å². The van der Waals surface area contributed by atoms with E-state index in [4.69, 9.17) is 0 Å². The van der Waals surface area contributed by atoms with Crippen molar-refractivity contribution in [3.63, 3.8) is 0 Å². The van der Waals surface area contributed by atoms with Crippen LogP contribution in [0.4, 0.5) is 0 Å². The van der Waals surface area contributed by atoms with E-state index in [1.165, 1.54) is 0 Å². The summed E-state index contributed by atoms with van der Waals surface area (Å²) >= 11 is 1.79. The second-order valence-electron chi connectivity index (χ2n) is 4.08. The van der Waals surface area contributed by atoms with E-state index in [0.29, 0.717) is 6.42 Å². The Balaban J connectivity index is 2.49. The minimum Gasteiger partial charge on any atom is -0.349 e. The van der Waals surface area contributed by atoms with Crippen LogP contribution in [0.3, 0.4) is 0 Å². The first-order chi connectivity index (χ1) is 8.06. The molecule has 17 heavy (non-hydrogen) atoms. The van der Waals surface area contributed by atoms with E-state index >= 15 is 0 Å². The van der Waals surface area contributed by atoms with Crippen molar-refractivity contribution in [3.05, 3.63) is 17.0 Å². The quantitative estimate of drug-likeness (QED) is 0.767. The van der Waals surface area contributed by atoms with Crippen molar-refractivity contribution in [3.8, 4) is 0 Å². The Morgan fingerprint density at radius 1 is 1.53 bits per heavy atom. The third-order valence-electron chi connectivity index (χ3n) is 2.67. The van der Waals surface area contributed by atoms with Gasteiger partial charge in [-0.3, -0.25) is 9.89 Å². The molecule has 1 atom stereocenters. The monoisotopic (exact) mass is 255 g/mol. The molecule has 5 heteroatoms. The molecule has 0 bridgehead atoms. The molecular weight excluding hydrogens is 234 g/mol. The number of thioether (sulfide) groups is 1. The summed E-state index contributed by atoms with van der Waals surface area (Å²) in [4.78, 5) is 11.7. The largest absolute Gasteiger partial charge is 0.349 e. The van der Waals surface area contributed by atoms with Crippen molar-refractivity contribution in [1.29, 1.82) is 0 Å². The molecule has 0 fully saturated rings. The molecule has 0 saturated carbocycles. The van der Waals surface area contributed by atoms with Crippen LogP contribution in [-0.2, 0) is 4.79 Å². The fraction of sp³-hybridized carbons (Fsp3) is 0.667. The molecule has 1 aromatic heterocycles. The minimum atomic E-state index is 0.0212. The molecule has 0 saturated heterocycles. The van der Waals surface area contributed by atoms with Crippen molar-refractivity contribution in [1.82, 2.24) is 15.5 Å². The number of carbonyl (C=O) groups excluding carboxylic acids is 1. The summed E-state index contributed by atoms with van der Waals surface area (Å²) in [5, 5.41) is 10.1. The average Bonchev–Trinajstić information content (AvgIpc) is 2.58. The van der Waals surface area contributed by atoms with Gasteiger partial charge in [-0.25, -0.2) is 0 Å². The van der Waals surface area contributed by atoms with Gasteiger partial charge >= 0.3 is 0 Å². The van der Waals surface area contributed by atoms with Gasteiger partial charge in [0, 0.05) is 23.4 Å². The maximum absolute atomic E-state index is 11.7. The highest BCUT2D eigenvalue weighted by Crippen LogP contribution is 2.18. The Labute approximate surface area is 107 Å². The molecule has 1 rings (SSSR count). The molecule has 0 aliphatic rings. The van der Waals surface area contributed by atoms with Crippen LogP contribution in [0, 0.1) is 13.8 Å². The number of nitrogens with zero attached hydrogens (tertiary/aromatic N) is 1. The summed E-state index contributed by atoms with van der Waals surface area (Å²) in [6.45, 7) is 8.03. The maximum atomic E-state index is 11.7. The van der Waals surface area contributed by atoms with E-state index in [1.54, 1.807) is 11.8 Å². The number of hydrogen-bond acceptors (Lipinski definition) is 3. The van der Waals surface area contributed by atoms with Gasteiger partial charge in [0.25, 0.3) is 0 Å². The molecule has 1 aromatic rings. The van der Waals surface area contributed by atoms with E-state index in [2.05, 4.69) is 22.4 Å². The van der Waals surface area contributed by atoms with Crippen LogP contribution >= 0.6 is 11.8 Å². The molecular formula is C12H21N3OS. The van der Waals surface area contributed by atoms with E-state index in [1.807, 2.05) is 20.8 Å².